The predicted octanol–water partition coefficient (Wildman–Crippen LogP) is 2.47. The van der Waals surface area contributed by atoms with E-state index < -0.39 is 5.97 Å². The van der Waals surface area contributed by atoms with Crippen molar-refractivity contribution in [2.45, 2.75) is 51.6 Å². The Hall–Kier alpha value is -1.07. The van der Waals surface area contributed by atoms with E-state index in [0.717, 1.165) is 30.7 Å². The summed E-state index contributed by atoms with van der Waals surface area (Å²) in [4.78, 5) is 13.1. The fourth-order valence-corrected chi connectivity index (χ4v) is 3.29. The van der Waals surface area contributed by atoms with Gasteiger partial charge in [0.25, 0.3) is 0 Å². The van der Waals surface area contributed by atoms with Gasteiger partial charge < -0.3 is 5.11 Å². The predicted molar refractivity (Wildman–Crippen MR) is 77.9 cm³/mol. The first-order valence-corrected chi connectivity index (χ1v) is 7.56. The molecule has 1 aromatic rings. The highest BCUT2D eigenvalue weighted by molar-refractivity contribution is 6.31. The van der Waals surface area contributed by atoms with Gasteiger partial charge in [-0.05, 0) is 19.3 Å². The lowest BCUT2D eigenvalue weighted by molar-refractivity contribution is -0.139. The van der Waals surface area contributed by atoms with Crippen LogP contribution in [0.2, 0.25) is 5.02 Å². The molecule has 0 spiro atoms. The van der Waals surface area contributed by atoms with Gasteiger partial charge in [0, 0.05) is 19.6 Å². The summed E-state index contributed by atoms with van der Waals surface area (Å²) in [6, 6.07) is 0.349. The number of aliphatic carboxylic acids is 1. The molecule has 0 bridgehead atoms. The highest BCUT2D eigenvalue weighted by atomic mass is 35.5. The van der Waals surface area contributed by atoms with Gasteiger partial charge in [0.2, 0.25) is 0 Å². The number of carbonyl (C=O) groups is 1. The first-order chi connectivity index (χ1) is 9.52. The summed E-state index contributed by atoms with van der Waals surface area (Å²) in [5.74, 6) is -0.786. The molecule has 0 radical (unpaired) electrons. The van der Waals surface area contributed by atoms with E-state index in [1.54, 1.807) is 4.68 Å². The molecular formula is C14H22ClN3O2. The smallest absolute Gasteiger partial charge is 0.317 e. The Balaban J connectivity index is 2.18. The number of rotatable bonds is 6. The van der Waals surface area contributed by atoms with Crippen LogP contribution in [0.1, 0.15) is 44.0 Å². The minimum Gasteiger partial charge on any atom is -0.480 e. The molecule has 0 aliphatic heterocycles. The second-order valence-electron chi connectivity index (χ2n) is 5.42. The van der Waals surface area contributed by atoms with Gasteiger partial charge in [-0.1, -0.05) is 31.4 Å². The molecule has 112 valence electrons. The number of carboxylic acid groups (broad SMARTS) is 1. The molecule has 0 amide bonds. The van der Waals surface area contributed by atoms with E-state index in [-0.39, 0.29) is 6.54 Å². The molecule has 1 heterocycles. The molecule has 0 atom stereocenters. The van der Waals surface area contributed by atoms with Crippen LogP contribution in [-0.4, -0.2) is 38.3 Å². The Kier molecular flexibility index (Phi) is 5.05. The number of carboxylic acids is 1. The number of hydrogen-bond donors (Lipinski definition) is 1. The van der Waals surface area contributed by atoms with E-state index >= 15 is 0 Å². The van der Waals surface area contributed by atoms with Crippen LogP contribution >= 0.6 is 11.6 Å². The quantitative estimate of drug-likeness (QED) is 0.876. The summed E-state index contributed by atoms with van der Waals surface area (Å²) in [6.07, 6.45) is 5.29. The molecule has 1 saturated carbocycles. The Labute approximate surface area is 124 Å². The number of halogens is 1. The zero-order valence-electron chi connectivity index (χ0n) is 12.1. The summed E-state index contributed by atoms with van der Waals surface area (Å²) in [6.45, 7) is 2.64. The van der Waals surface area contributed by atoms with Gasteiger partial charge in [-0.3, -0.25) is 14.4 Å². The molecule has 1 aliphatic carbocycles. The van der Waals surface area contributed by atoms with E-state index in [2.05, 4.69) is 5.10 Å². The Bertz CT molecular complexity index is 481. The molecule has 5 nitrogen and oxygen atoms in total. The fraction of sp³-hybridized carbons (Fsp3) is 0.714. The van der Waals surface area contributed by atoms with Crippen molar-refractivity contribution in [3.63, 3.8) is 0 Å². The average molecular weight is 300 g/mol. The van der Waals surface area contributed by atoms with Crippen LogP contribution in [0.3, 0.4) is 0 Å². The molecular weight excluding hydrogens is 278 g/mol. The van der Waals surface area contributed by atoms with Crippen LogP contribution < -0.4 is 0 Å². The van der Waals surface area contributed by atoms with Gasteiger partial charge in [0.1, 0.15) is 0 Å². The van der Waals surface area contributed by atoms with Crippen molar-refractivity contribution >= 4 is 17.6 Å². The lowest BCUT2D eigenvalue weighted by atomic mass is 10.2. The molecule has 0 aromatic carbocycles. The highest BCUT2D eigenvalue weighted by Gasteiger charge is 2.26. The maximum absolute atomic E-state index is 11.1. The van der Waals surface area contributed by atoms with Gasteiger partial charge in [-0.25, -0.2) is 0 Å². The minimum absolute atomic E-state index is 0.0631. The van der Waals surface area contributed by atoms with Crippen molar-refractivity contribution in [1.29, 1.82) is 0 Å². The lowest BCUT2D eigenvalue weighted by Gasteiger charge is -2.27. The monoisotopic (exact) mass is 299 g/mol. The first kappa shape index (κ1) is 15.3. The summed E-state index contributed by atoms with van der Waals surface area (Å²) >= 11 is 6.36. The van der Waals surface area contributed by atoms with E-state index in [9.17, 15) is 4.79 Å². The van der Waals surface area contributed by atoms with Crippen LogP contribution in [0.25, 0.3) is 0 Å². The lowest BCUT2D eigenvalue weighted by Crippen LogP contribution is -2.37. The third-order valence-corrected chi connectivity index (χ3v) is 4.47. The minimum atomic E-state index is -0.786. The molecule has 6 heteroatoms. The van der Waals surface area contributed by atoms with Gasteiger partial charge in [0.15, 0.2) is 0 Å². The van der Waals surface area contributed by atoms with Gasteiger partial charge in [-0.2, -0.15) is 5.10 Å². The van der Waals surface area contributed by atoms with Gasteiger partial charge >= 0.3 is 5.97 Å². The zero-order chi connectivity index (χ0) is 14.7. The standard InChI is InChI=1S/C14H22ClN3O2/c1-3-11-14(15)12(17(2)16-11)8-18(9-13(19)20)10-6-4-5-7-10/h10H,3-9H2,1-2H3,(H,19,20). The Morgan fingerprint density at radius 1 is 1.50 bits per heavy atom. The fourth-order valence-electron chi connectivity index (χ4n) is 2.94. The normalized spacial score (nSPS) is 16.2. The molecule has 0 unspecified atom stereocenters. The van der Waals surface area contributed by atoms with Crippen molar-refractivity contribution in [3.8, 4) is 0 Å². The van der Waals surface area contributed by atoms with Crippen LogP contribution in [-0.2, 0) is 24.8 Å². The molecule has 1 N–H and O–H groups in total. The Morgan fingerprint density at radius 3 is 2.65 bits per heavy atom. The third kappa shape index (κ3) is 3.33. The Morgan fingerprint density at radius 2 is 2.15 bits per heavy atom. The maximum atomic E-state index is 11.1. The van der Waals surface area contributed by atoms with E-state index in [0.29, 0.717) is 17.6 Å². The topological polar surface area (TPSA) is 58.4 Å². The second kappa shape index (κ2) is 6.59. The van der Waals surface area contributed by atoms with E-state index in [1.807, 2.05) is 18.9 Å². The number of nitrogens with zero attached hydrogens (tertiary/aromatic N) is 3. The molecule has 1 aromatic heterocycles. The molecule has 1 fully saturated rings. The van der Waals surface area contributed by atoms with Crippen molar-refractivity contribution in [2.75, 3.05) is 6.54 Å². The number of aromatic nitrogens is 2. The van der Waals surface area contributed by atoms with Crippen LogP contribution in [0, 0.1) is 0 Å². The summed E-state index contributed by atoms with van der Waals surface area (Å²) < 4.78 is 1.78. The van der Waals surface area contributed by atoms with Crippen LogP contribution in [0.4, 0.5) is 0 Å². The van der Waals surface area contributed by atoms with Crippen molar-refractivity contribution in [1.82, 2.24) is 14.7 Å². The average Bonchev–Trinajstić information content (AvgIpc) is 3.00. The molecule has 2 rings (SSSR count). The molecule has 1 aliphatic rings. The van der Waals surface area contributed by atoms with E-state index in [1.165, 1.54) is 12.8 Å². The summed E-state index contributed by atoms with van der Waals surface area (Å²) in [7, 11) is 1.87. The van der Waals surface area contributed by atoms with Crippen molar-refractivity contribution in [2.24, 2.45) is 7.05 Å². The SMILES string of the molecule is CCc1nn(C)c(CN(CC(=O)O)C2CCCC2)c1Cl. The molecule has 0 saturated heterocycles. The van der Waals surface area contributed by atoms with Crippen LogP contribution in [0.15, 0.2) is 0 Å². The van der Waals surface area contributed by atoms with Crippen molar-refractivity contribution in [3.05, 3.63) is 16.4 Å². The number of aryl methyl sites for hydroxylation is 2. The van der Waals surface area contributed by atoms with E-state index in [4.69, 9.17) is 16.7 Å². The van der Waals surface area contributed by atoms with Crippen LogP contribution in [0.5, 0.6) is 0 Å². The maximum Gasteiger partial charge on any atom is 0.317 e. The first-order valence-electron chi connectivity index (χ1n) is 7.19. The van der Waals surface area contributed by atoms with Crippen molar-refractivity contribution < 1.29 is 9.90 Å². The third-order valence-electron chi connectivity index (χ3n) is 4.04. The largest absolute Gasteiger partial charge is 0.480 e. The molecule has 20 heavy (non-hydrogen) atoms. The number of hydrogen-bond acceptors (Lipinski definition) is 3. The van der Waals surface area contributed by atoms with Gasteiger partial charge in [0.05, 0.1) is 23.0 Å². The highest BCUT2D eigenvalue weighted by Crippen LogP contribution is 2.27. The van der Waals surface area contributed by atoms with Gasteiger partial charge in [-0.15, -0.1) is 0 Å². The second-order valence-corrected chi connectivity index (χ2v) is 5.80. The summed E-state index contributed by atoms with van der Waals surface area (Å²) in [5, 5.41) is 14.2. The zero-order valence-corrected chi connectivity index (χ0v) is 12.9. The summed E-state index contributed by atoms with van der Waals surface area (Å²) in [5.41, 5.74) is 1.79.